The number of rotatable bonds is 5. The van der Waals surface area contributed by atoms with Crippen LogP contribution in [-0.2, 0) is 0 Å². The molecule has 4 aromatic rings. The third-order valence-electron chi connectivity index (χ3n) is 4.74. The average molecular weight is 401 g/mol. The first-order valence-corrected chi connectivity index (χ1v) is 9.33. The predicted octanol–water partition coefficient (Wildman–Crippen LogP) is 4.84. The summed E-state index contributed by atoms with van der Waals surface area (Å²) in [4.78, 5) is 11.1. The molecule has 0 aliphatic carbocycles. The molecule has 0 fully saturated rings. The summed E-state index contributed by atoms with van der Waals surface area (Å²) < 4.78 is 19.7. The topological polar surface area (TPSA) is 67.9 Å². The molecule has 0 amide bonds. The molecule has 0 bridgehead atoms. The van der Waals surface area contributed by atoms with Gasteiger partial charge in [0.05, 0.1) is 23.1 Å². The SMILES string of the molecule is C=C(c1ccc(-c2cnc(C)c(-c3nnc(-c4ccccc4F)o3)n2)cc1)N(C)C. The Hall–Kier alpha value is -3.87. The molecule has 0 unspecified atom stereocenters. The van der Waals surface area contributed by atoms with Crippen LogP contribution in [0.3, 0.4) is 0 Å². The first-order chi connectivity index (χ1) is 14.4. The van der Waals surface area contributed by atoms with E-state index >= 15 is 0 Å². The monoisotopic (exact) mass is 401 g/mol. The maximum atomic E-state index is 14.0. The number of nitrogens with zero attached hydrogens (tertiary/aromatic N) is 5. The smallest absolute Gasteiger partial charge is 0.268 e. The third-order valence-corrected chi connectivity index (χ3v) is 4.74. The minimum Gasteiger partial charge on any atom is -0.414 e. The van der Waals surface area contributed by atoms with E-state index in [-0.39, 0.29) is 17.3 Å². The number of hydrogen-bond acceptors (Lipinski definition) is 6. The van der Waals surface area contributed by atoms with Gasteiger partial charge in [0.15, 0.2) is 0 Å². The van der Waals surface area contributed by atoms with E-state index in [0.29, 0.717) is 17.1 Å². The summed E-state index contributed by atoms with van der Waals surface area (Å²) in [7, 11) is 3.90. The van der Waals surface area contributed by atoms with Crippen LogP contribution < -0.4 is 0 Å². The average Bonchev–Trinajstić information content (AvgIpc) is 3.23. The second kappa shape index (κ2) is 7.87. The molecule has 4 rings (SSSR count). The highest BCUT2D eigenvalue weighted by Gasteiger charge is 2.17. The molecule has 0 aliphatic heterocycles. The van der Waals surface area contributed by atoms with Gasteiger partial charge in [0.1, 0.15) is 11.5 Å². The predicted molar refractivity (Wildman–Crippen MR) is 114 cm³/mol. The molecule has 2 aromatic heterocycles. The van der Waals surface area contributed by atoms with Crippen molar-refractivity contribution < 1.29 is 8.81 Å². The number of halogens is 1. The van der Waals surface area contributed by atoms with Gasteiger partial charge in [-0.15, -0.1) is 10.2 Å². The van der Waals surface area contributed by atoms with Crippen LogP contribution in [0.1, 0.15) is 11.3 Å². The summed E-state index contributed by atoms with van der Waals surface area (Å²) in [6.45, 7) is 5.88. The zero-order chi connectivity index (χ0) is 21.3. The van der Waals surface area contributed by atoms with Crippen molar-refractivity contribution in [3.05, 3.63) is 78.4 Å². The van der Waals surface area contributed by atoms with Gasteiger partial charge in [-0.05, 0) is 24.6 Å². The van der Waals surface area contributed by atoms with Gasteiger partial charge in [0.25, 0.3) is 11.8 Å². The Morgan fingerprint density at radius 2 is 1.70 bits per heavy atom. The van der Waals surface area contributed by atoms with Crippen molar-refractivity contribution in [2.75, 3.05) is 14.1 Å². The number of aromatic nitrogens is 4. The number of hydrogen-bond donors (Lipinski definition) is 0. The molecular formula is C23H20FN5O. The van der Waals surface area contributed by atoms with Crippen molar-refractivity contribution in [1.29, 1.82) is 0 Å². The second-order valence-electron chi connectivity index (χ2n) is 7.00. The Bertz CT molecular complexity index is 1210. The van der Waals surface area contributed by atoms with Crippen molar-refractivity contribution in [1.82, 2.24) is 25.1 Å². The van der Waals surface area contributed by atoms with Gasteiger partial charge in [-0.2, -0.15) is 0 Å². The van der Waals surface area contributed by atoms with Gasteiger partial charge in [0, 0.05) is 25.4 Å². The van der Waals surface area contributed by atoms with Crippen molar-refractivity contribution in [2.24, 2.45) is 0 Å². The van der Waals surface area contributed by atoms with Crippen LogP contribution in [-0.4, -0.2) is 39.2 Å². The summed E-state index contributed by atoms with van der Waals surface area (Å²) in [5, 5.41) is 8.03. The van der Waals surface area contributed by atoms with Crippen LogP contribution in [0.2, 0.25) is 0 Å². The van der Waals surface area contributed by atoms with Crippen molar-refractivity contribution in [3.63, 3.8) is 0 Å². The Kier molecular flexibility index (Phi) is 5.10. The van der Waals surface area contributed by atoms with Gasteiger partial charge in [-0.3, -0.25) is 4.98 Å². The Labute approximate surface area is 173 Å². The first-order valence-electron chi connectivity index (χ1n) is 9.33. The van der Waals surface area contributed by atoms with Crippen LogP contribution >= 0.6 is 0 Å². The van der Waals surface area contributed by atoms with E-state index in [2.05, 4.69) is 26.7 Å². The highest BCUT2D eigenvalue weighted by Crippen LogP contribution is 2.28. The highest BCUT2D eigenvalue weighted by molar-refractivity contribution is 5.68. The minimum atomic E-state index is -0.427. The fourth-order valence-electron chi connectivity index (χ4n) is 2.94. The lowest BCUT2D eigenvalue weighted by molar-refractivity contribution is 0.568. The van der Waals surface area contributed by atoms with Crippen molar-refractivity contribution in [3.8, 4) is 34.3 Å². The largest absolute Gasteiger partial charge is 0.414 e. The lowest BCUT2D eigenvalue weighted by atomic mass is 10.1. The molecule has 0 saturated carbocycles. The molecule has 2 heterocycles. The summed E-state index contributed by atoms with van der Waals surface area (Å²) in [5.74, 6) is -0.136. The first kappa shape index (κ1) is 19.4. The third kappa shape index (κ3) is 3.69. The lowest BCUT2D eigenvalue weighted by Gasteiger charge is -2.16. The van der Waals surface area contributed by atoms with Crippen LogP contribution in [0.5, 0.6) is 0 Å². The zero-order valence-corrected chi connectivity index (χ0v) is 16.9. The fourth-order valence-corrected chi connectivity index (χ4v) is 2.94. The zero-order valence-electron chi connectivity index (χ0n) is 16.9. The molecule has 30 heavy (non-hydrogen) atoms. The minimum absolute atomic E-state index is 0.0984. The van der Waals surface area contributed by atoms with Gasteiger partial charge in [0.2, 0.25) is 0 Å². The fraction of sp³-hybridized carbons (Fsp3) is 0.130. The molecule has 0 N–H and O–H groups in total. The summed E-state index contributed by atoms with van der Waals surface area (Å²) in [6.07, 6.45) is 1.70. The standard InChI is InChI=1S/C23H20FN5O/c1-14-21(23-28-27-22(30-23)18-7-5-6-8-19(18)24)26-20(13-25-14)17-11-9-16(10-12-17)15(2)29(3)4/h5-13H,2H2,1,3-4H3. The van der Waals surface area contributed by atoms with Crippen molar-refractivity contribution >= 4 is 5.70 Å². The van der Waals surface area contributed by atoms with Gasteiger partial charge in [-0.1, -0.05) is 43.0 Å². The molecule has 0 saturated heterocycles. The maximum Gasteiger partial charge on any atom is 0.268 e. The summed E-state index contributed by atoms with van der Waals surface area (Å²) in [5.41, 5.74) is 4.86. The van der Waals surface area contributed by atoms with E-state index in [9.17, 15) is 4.39 Å². The molecule has 0 spiro atoms. The van der Waals surface area contributed by atoms with Gasteiger partial charge in [-0.25, -0.2) is 9.37 Å². The molecule has 150 valence electrons. The van der Waals surface area contributed by atoms with Crippen LogP contribution in [0.25, 0.3) is 40.0 Å². The molecule has 2 aromatic carbocycles. The molecule has 0 radical (unpaired) electrons. The summed E-state index contributed by atoms with van der Waals surface area (Å²) >= 11 is 0. The van der Waals surface area contributed by atoms with Gasteiger partial charge >= 0.3 is 0 Å². The maximum absolute atomic E-state index is 14.0. The van der Waals surface area contributed by atoms with E-state index in [1.807, 2.05) is 50.2 Å². The number of benzene rings is 2. The normalized spacial score (nSPS) is 10.8. The van der Waals surface area contributed by atoms with E-state index < -0.39 is 5.82 Å². The summed E-state index contributed by atoms with van der Waals surface area (Å²) in [6, 6.07) is 14.2. The van der Waals surface area contributed by atoms with E-state index in [1.165, 1.54) is 6.07 Å². The van der Waals surface area contributed by atoms with Gasteiger partial charge < -0.3 is 9.32 Å². The second-order valence-corrected chi connectivity index (χ2v) is 7.00. The van der Waals surface area contributed by atoms with Crippen LogP contribution in [0.15, 0.2) is 65.7 Å². The molecular weight excluding hydrogens is 381 g/mol. The molecule has 7 heteroatoms. The van der Waals surface area contributed by atoms with Crippen LogP contribution in [0.4, 0.5) is 4.39 Å². The van der Waals surface area contributed by atoms with E-state index in [0.717, 1.165) is 16.8 Å². The molecule has 6 nitrogen and oxygen atoms in total. The highest BCUT2D eigenvalue weighted by atomic mass is 19.1. The quantitative estimate of drug-likeness (QED) is 0.477. The Balaban J connectivity index is 1.68. The molecule has 0 atom stereocenters. The van der Waals surface area contributed by atoms with E-state index in [4.69, 9.17) is 4.42 Å². The lowest BCUT2D eigenvalue weighted by Crippen LogP contribution is -2.08. The number of aryl methyl sites for hydroxylation is 1. The Morgan fingerprint density at radius 1 is 1.00 bits per heavy atom. The van der Waals surface area contributed by atoms with E-state index in [1.54, 1.807) is 24.4 Å². The molecule has 0 aliphatic rings. The Morgan fingerprint density at radius 3 is 2.40 bits per heavy atom. The van der Waals surface area contributed by atoms with Crippen LogP contribution in [0, 0.1) is 12.7 Å². The van der Waals surface area contributed by atoms with Crippen molar-refractivity contribution in [2.45, 2.75) is 6.92 Å².